The van der Waals surface area contributed by atoms with E-state index in [1.54, 1.807) is 44.6 Å². The first kappa shape index (κ1) is 24.9. The minimum atomic E-state index is -0.829. The van der Waals surface area contributed by atoms with Crippen LogP contribution in [-0.4, -0.2) is 69.4 Å². The van der Waals surface area contributed by atoms with Crippen LogP contribution in [0.3, 0.4) is 0 Å². The minimum absolute atomic E-state index is 0.320. The Balaban J connectivity index is 1.12. The molecule has 1 amide bonds. The maximum Gasteiger partial charge on any atom is 0.259 e. The van der Waals surface area contributed by atoms with Crippen molar-refractivity contribution in [3.63, 3.8) is 0 Å². The Kier molecular flexibility index (Phi) is 6.10. The fraction of sp³-hybridized carbons (Fsp3) is 0.333. The van der Waals surface area contributed by atoms with Gasteiger partial charge in [0.1, 0.15) is 0 Å². The number of carbonyl (C=O) groups is 1. The number of rotatable bonds is 7. The second kappa shape index (κ2) is 9.81. The lowest BCUT2D eigenvalue weighted by molar-refractivity contribution is -0.0744. The van der Waals surface area contributed by atoms with Gasteiger partial charge in [-0.3, -0.25) is 9.48 Å². The summed E-state index contributed by atoms with van der Waals surface area (Å²) in [4.78, 5) is 15.0. The summed E-state index contributed by atoms with van der Waals surface area (Å²) in [6.45, 7) is 1.48. The largest absolute Gasteiger partial charge is 0.388 e. The zero-order valence-electron chi connectivity index (χ0n) is 21.4. The molecule has 0 spiro atoms. The molecule has 1 aliphatic heterocycles. The molecule has 2 fully saturated rings. The topological polar surface area (TPSA) is 137 Å². The second-order valence-corrected chi connectivity index (χ2v) is 10.8. The van der Waals surface area contributed by atoms with Crippen molar-refractivity contribution in [2.24, 2.45) is 0 Å². The van der Waals surface area contributed by atoms with Crippen LogP contribution in [-0.2, 0) is 11.3 Å². The number of carbonyl (C=O) groups excluding carboxylic acids is 1. The summed E-state index contributed by atoms with van der Waals surface area (Å²) in [5.41, 5.74) is 3.08. The monoisotopic (exact) mass is 559 g/mol. The quantitative estimate of drug-likeness (QED) is 0.308. The number of pyridine rings is 1. The summed E-state index contributed by atoms with van der Waals surface area (Å²) in [7, 11) is 0. The van der Waals surface area contributed by atoms with Crippen LogP contribution in [0.4, 0.5) is 5.69 Å². The summed E-state index contributed by atoms with van der Waals surface area (Å²) in [6.07, 6.45) is 10.2. The Bertz CT molecular complexity index is 1720. The molecule has 0 atom stereocenters. The van der Waals surface area contributed by atoms with Crippen LogP contribution in [0.5, 0.6) is 0 Å². The van der Waals surface area contributed by atoms with E-state index in [-0.39, 0.29) is 5.91 Å². The standard InChI is InChI=1S/C27H26ClN9O3/c28-22-4-1-18(25-32-34-37(33-25)20-2-3-20)11-23(22)31-26(38)21-14-30-36-8-5-17(12-24(21)36)19-13-29-35(15-19)16-27(39)6-9-40-10-7-27/h1,4-5,8,11-15,20,39H,2-3,6-7,9-10,16H2,(H,31,38). The number of tetrazole rings is 1. The Hall–Kier alpha value is -4.13. The van der Waals surface area contributed by atoms with E-state index >= 15 is 0 Å². The number of nitrogens with one attached hydrogen (secondary N) is 1. The Labute approximate surface area is 233 Å². The average molecular weight is 560 g/mol. The van der Waals surface area contributed by atoms with Gasteiger partial charge in [-0.2, -0.15) is 15.0 Å². The molecule has 1 saturated carbocycles. The van der Waals surface area contributed by atoms with Crippen molar-refractivity contribution < 1.29 is 14.6 Å². The molecule has 13 heteroatoms. The molecular weight excluding hydrogens is 534 g/mol. The third kappa shape index (κ3) is 4.85. The predicted molar refractivity (Wildman–Crippen MR) is 146 cm³/mol. The molecule has 5 aromatic rings. The normalized spacial score (nSPS) is 16.9. The van der Waals surface area contributed by atoms with E-state index in [0.717, 1.165) is 24.0 Å². The number of amides is 1. The number of aromatic nitrogens is 8. The van der Waals surface area contributed by atoms with Gasteiger partial charge in [-0.1, -0.05) is 11.6 Å². The Morgan fingerprint density at radius 2 is 1.95 bits per heavy atom. The van der Waals surface area contributed by atoms with Crippen LogP contribution in [0, 0.1) is 0 Å². The van der Waals surface area contributed by atoms with E-state index in [1.165, 1.54) is 6.20 Å². The van der Waals surface area contributed by atoms with Crippen molar-refractivity contribution in [1.29, 1.82) is 0 Å². The lowest BCUT2D eigenvalue weighted by atomic mass is 9.94. The molecular formula is C27H26ClN9O3. The van der Waals surface area contributed by atoms with Crippen molar-refractivity contribution in [3.8, 4) is 22.5 Å². The van der Waals surface area contributed by atoms with Crippen LogP contribution in [0.25, 0.3) is 28.0 Å². The van der Waals surface area contributed by atoms with Gasteiger partial charge < -0.3 is 15.2 Å². The summed E-state index contributed by atoms with van der Waals surface area (Å²) < 4.78 is 8.77. The molecule has 4 aromatic heterocycles. The van der Waals surface area contributed by atoms with Gasteiger partial charge in [-0.15, -0.1) is 10.2 Å². The second-order valence-electron chi connectivity index (χ2n) is 10.4. The third-order valence-electron chi connectivity index (χ3n) is 7.39. The van der Waals surface area contributed by atoms with Crippen molar-refractivity contribution in [2.75, 3.05) is 18.5 Å². The van der Waals surface area contributed by atoms with Crippen LogP contribution in [0.15, 0.2) is 55.1 Å². The molecule has 40 heavy (non-hydrogen) atoms. The van der Waals surface area contributed by atoms with Gasteiger partial charge in [0.05, 0.1) is 52.4 Å². The molecule has 1 saturated heterocycles. The first-order valence-corrected chi connectivity index (χ1v) is 13.5. The molecule has 0 radical (unpaired) electrons. The van der Waals surface area contributed by atoms with Crippen LogP contribution in [0.1, 0.15) is 42.1 Å². The molecule has 0 unspecified atom stereocenters. The highest BCUT2D eigenvalue weighted by Crippen LogP contribution is 2.34. The highest BCUT2D eigenvalue weighted by Gasteiger charge is 2.30. The number of anilines is 1. The molecule has 2 N–H and O–H groups in total. The predicted octanol–water partition coefficient (Wildman–Crippen LogP) is 3.63. The number of aliphatic hydroxyl groups is 1. The molecule has 1 aliphatic carbocycles. The maximum absolute atomic E-state index is 13.4. The fourth-order valence-corrected chi connectivity index (χ4v) is 5.06. The lowest BCUT2D eigenvalue weighted by Crippen LogP contribution is -2.40. The van der Waals surface area contributed by atoms with E-state index in [9.17, 15) is 9.90 Å². The highest BCUT2D eigenvalue weighted by atomic mass is 35.5. The zero-order valence-corrected chi connectivity index (χ0v) is 22.2. The van der Waals surface area contributed by atoms with Crippen molar-refractivity contribution in [1.82, 2.24) is 39.6 Å². The number of hydrogen-bond donors (Lipinski definition) is 2. The van der Waals surface area contributed by atoms with Gasteiger partial charge in [0.2, 0.25) is 5.82 Å². The third-order valence-corrected chi connectivity index (χ3v) is 7.72. The maximum atomic E-state index is 13.4. The van der Waals surface area contributed by atoms with Gasteiger partial charge in [-0.25, -0.2) is 4.52 Å². The summed E-state index contributed by atoms with van der Waals surface area (Å²) in [6, 6.07) is 9.37. The van der Waals surface area contributed by atoms with Crippen LogP contribution < -0.4 is 5.32 Å². The molecule has 7 rings (SSSR count). The summed E-state index contributed by atoms with van der Waals surface area (Å²) in [5, 5.41) is 35.7. The number of fused-ring (bicyclic) bond motifs is 1. The van der Waals surface area contributed by atoms with E-state index < -0.39 is 5.60 Å². The van der Waals surface area contributed by atoms with E-state index in [4.69, 9.17) is 16.3 Å². The van der Waals surface area contributed by atoms with Gasteiger partial charge in [-0.05, 0) is 54.0 Å². The highest BCUT2D eigenvalue weighted by molar-refractivity contribution is 6.34. The minimum Gasteiger partial charge on any atom is -0.388 e. The zero-order chi connectivity index (χ0) is 27.3. The molecule has 2 aliphatic rings. The molecule has 0 bridgehead atoms. The van der Waals surface area contributed by atoms with Crippen molar-refractivity contribution in [2.45, 2.75) is 43.9 Å². The van der Waals surface area contributed by atoms with E-state index in [2.05, 4.69) is 30.9 Å². The SMILES string of the molecule is O=C(Nc1cc(-c2nnn(C3CC3)n2)ccc1Cl)c1cnn2ccc(-c3cnn(CC4(O)CCOCC4)c3)cc12. The van der Waals surface area contributed by atoms with Crippen LogP contribution in [0.2, 0.25) is 5.02 Å². The fourth-order valence-electron chi connectivity index (χ4n) is 4.90. The summed E-state index contributed by atoms with van der Waals surface area (Å²) >= 11 is 6.43. The number of hydrogen-bond acceptors (Lipinski definition) is 8. The molecule has 204 valence electrons. The number of nitrogens with zero attached hydrogens (tertiary/aromatic N) is 8. The molecule has 1 aromatic carbocycles. The van der Waals surface area contributed by atoms with Crippen molar-refractivity contribution >= 4 is 28.7 Å². The number of ether oxygens (including phenoxy) is 1. The average Bonchev–Trinajstić information content (AvgIpc) is 3.32. The van der Waals surface area contributed by atoms with Crippen LogP contribution >= 0.6 is 11.6 Å². The van der Waals surface area contributed by atoms with Gasteiger partial charge >= 0.3 is 0 Å². The van der Waals surface area contributed by atoms with Gasteiger partial charge in [0.15, 0.2) is 0 Å². The van der Waals surface area contributed by atoms with E-state index in [0.29, 0.717) is 71.8 Å². The first-order valence-electron chi connectivity index (χ1n) is 13.2. The van der Waals surface area contributed by atoms with Crippen molar-refractivity contribution in [3.05, 3.63) is 65.7 Å². The van der Waals surface area contributed by atoms with Gasteiger partial charge in [0.25, 0.3) is 5.91 Å². The number of halogens is 1. The first-order chi connectivity index (χ1) is 19.4. The smallest absolute Gasteiger partial charge is 0.259 e. The van der Waals surface area contributed by atoms with Gasteiger partial charge in [0, 0.05) is 49.6 Å². The lowest BCUT2D eigenvalue weighted by Gasteiger charge is -2.31. The van der Waals surface area contributed by atoms with E-state index in [1.807, 2.05) is 18.3 Å². The summed E-state index contributed by atoms with van der Waals surface area (Å²) in [5.74, 6) is 0.127. The number of benzene rings is 1. The molecule has 12 nitrogen and oxygen atoms in total. The Morgan fingerprint density at radius 3 is 2.77 bits per heavy atom. The Morgan fingerprint density at radius 1 is 1.10 bits per heavy atom. The molecule has 5 heterocycles.